The van der Waals surface area contributed by atoms with Gasteiger partial charge in [-0.15, -0.1) is 0 Å². The van der Waals surface area contributed by atoms with Crippen molar-refractivity contribution >= 4 is 17.6 Å². The predicted octanol–water partition coefficient (Wildman–Crippen LogP) is 4.89. The summed E-state index contributed by atoms with van der Waals surface area (Å²) in [7, 11) is 0. The number of hydrogen-bond acceptors (Lipinski definition) is 5. The minimum atomic E-state index is -4.71. The van der Waals surface area contributed by atoms with Crippen LogP contribution < -0.4 is 20.1 Å². The molecule has 11 heteroatoms. The molecule has 3 aliphatic rings. The molecule has 0 bridgehead atoms. The highest BCUT2D eigenvalue weighted by Gasteiger charge is 2.59. The monoisotopic (exact) mass is 527 g/mol. The maximum Gasteiger partial charge on any atom is 0.416 e. The maximum absolute atomic E-state index is 13.3. The molecule has 1 unspecified atom stereocenters. The number of pyridine rings is 1. The van der Waals surface area contributed by atoms with E-state index in [1.807, 2.05) is 6.07 Å². The summed E-state index contributed by atoms with van der Waals surface area (Å²) < 4.78 is 65.0. The van der Waals surface area contributed by atoms with Crippen molar-refractivity contribution in [1.82, 2.24) is 10.3 Å². The van der Waals surface area contributed by atoms with E-state index in [1.165, 1.54) is 0 Å². The molecule has 2 aliphatic heterocycles. The highest BCUT2D eigenvalue weighted by atomic mass is 19.4. The van der Waals surface area contributed by atoms with Gasteiger partial charge in [-0.3, -0.25) is 9.59 Å². The van der Waals surface area contributed by atoms with E-state index in [0.29, 0.717) is 42.0 Å². The van der Waals surface area contributed by atoms with Crippen LogP contribution >= 0.6 is 0 Å². The normalized spacial score (nSPS) is 20.9. The summed E-state index contributed by atoms with van der Waals surface area (Å²) in [5.74, 6) is 0.731. The van der Waals surface area contributed by atoms with E-state index in [1.54, 1.807) is 24.4 Å². The summed E-state index contributed by atoms with van der Waals surface area (Å²) in [6.07, 6.45) is -2.90. The molecule has 1 aromatic heterocycles. The first-order valence-corrected chi connectivity index (χ1v) is 12.1. The number of carbonyl (C=O) groups excluding carboxylic acids is 2. The number of rotatable bonds is 6. The lowest BCUT2D eigenvalue weighted by Crippen LogP contribution is -2.30. The molecule has 1 aliphatic carbocycles. The number of amides is 2. The van der Waals surface area contributed by atoms with Gasteiger partial charge in [0.05, 0.1) is 17.5 Å². The number of alkyl halides is 3. The first-order valence-electron chi connectivity index (χ1n) is 12.1. The Hall–Kier alpha value is -4.15. The van der Waals surface area contributed by atoms with E-state index < -0.39 is 23.5 Å². The SMILES string of the molecule is O=C1CCc2c(Oc3ccc4c(c3)[C@H]3C(NC(=O)CCc5ccc(F)cc5C(F)(F)F)[C@H]3O4)ccnc2N1. The molecule has 1 fully saturated rings. The van der Waals surface area contributed by atoms with Gasteiger partial charge >= 0.3 is 6.18 Å². The van der Waals surface area contributed by atoms with Crippen LogP contribution in [0.1, 0.15) is 41.0 Å². The Balaban J connectivity index is 1.10. The van der Waals surface area contributed by atoms with Crippen LogP contribution in [0.25, 0.3) is 0 Å². The average Bonchev–Trinajstić information content (AvgIpc) is 3.38. The van der Waals surface area contributed by atoms with Crippen LogP contribution in [-0.2, 0) is 28.6 Å². The molecule has 196 valence electrons. The van der Waals surface area contributed by atoms with E-state index in [0.717, 1.165) is 23.3 Å². The maximum atomic E-state index is 13.3. The lowest BCUT2D eigenvalue weighted by atomic mass is 10.0. The molecule has 2 N–H and O–H groups in total. The number of anilines is 1. The summed E-state index contributed by atoms with van der Waals surface area (Å²) in [5, 5.41) is 5.58. The predicted molar refractivity (Wildman–Crippen MR) is 127 cm³/mol. The molecule has 0 spiro atoms. The molecule has 0 saturated heterocycles. The zero-order valence-corrected chi connectivity index (χ0v) is 19.8. The average molecular weight is 527 g/mol. The Labute approximate surface area is 214 Å². The third-order valence-electron chi connectivity index (χ3n) is 6.98. The molecule has 6 rings (SSSR count). The number of hydrogen-bond donors (Lipinski definition) is 2. The van der Waals surface area contributed by atoms with Crippen LogP contribution in [0.2, 0.25) is 0 Å². The van der Waals surface area contributed by atoms with Crippen molar-refractivity contribution in [3.8, 4) is 17.2 Å². The zero-order valence-electron chi connectivity index (χ0n) is 19.8. The number of carbonyl (C=O) groups is 2. The Morgan fingerprint density at radius 3 is 2.82 bits per heavy atom. The van der Waals surface area contributed by atoms with Gasteiger partial charge < -0.3 is 20.1 Å². The Morgan fingerprint density at radius 1 is 1.16 bits per heavy atom. The fourth-order valence-corrected chi connectivity index (χ4v) is 5.09. The quantitative estimate of drug-likeness (QED) is 0.446. The molecule has 2 aromatic carbocycles. The molecule has 1 saturated carbocycles. The van der Waals surface area contributed by atoms with Crippen LogP contribution in [0, 0.1) is 5.82 Å². The van der Waals surface area contributed by atoms with Crippen LogP contribution in [0.4, 0.5) is 23.4 Å². The molecule has 3 atom stereocenters. The molecular formula is C27H21F4N3O4. The van der Waals surface area contributed by atoms with Crippen molar-refractivity contribution in [2.75, 3.05) is 5.32 Å². The van der Waals surface area contributed by atoms with Gasteiger partial charge in [-0.25, -0.2) is 9.37 Å². The highest BCUT2D eigenvalue weighted by molar-refractivity contribution is 5.93. The van der Waals surface area contributed by atoms with E-state index in [4.69, 9.17) is 9.47 Å². The number of fused-ring (bicyclic) bond motifs is 4. The van der Waals surface area contributed by atoms with Crippen molar-refractivity contribution in [3.05, 3.63) is 76.7 Å². The van der Waals surface area contributed by atoms with Crippen molar-refractivity contribution in [2.24, 2.45) is 0 Å². The van der Waals surface area contributed by atoms with Crippen molar-refractivity contribution in [3.63, 3.8) is 0 Å². The molecular weight excluding hydrogens is 506 g/mol. The first-order chi connectivity index (χ1) is 18.2. The number of aromatic nitrogens is 1. The summed E-state index contributed by atoms with van der Waals surface area (Å²) in [6.45, 7) is 0. The van der Waals surface area contributed by atoms with Crippen molar-refractivity contribution < 1.29 is 36.6 Å². The van der Waals surface area contributed by atoms with Crippen LogP contribution in [0.3, 0.4) is 0 Å². The topological polar surface area (TPSA) is 89.5 Å². The van der Waals surface area contributed by atoms with Gasteiger partial charge in [0, 0.05) is 30.2 Å². The standard InChI is InChI=1S/C27H21F4N3O4/c28-14-3-1-13(18(11-14)27(29,30)31)2-7-21(35)33-24-23-17-12-15(4-6-19(17)38-25(23)24)37-20-9-10-32-26-16(20)5-8-22(36)34-26/h1,3-4,6,9-12,23-25H,2,5,7-8H2,(H,33,35)(H,32,34,36)/t23-,24?,25-/m0/s1. The molecule has 0 radical (unpaired) electrons. The number of benzene rings is 2. The zero-order chi connectivity index (χ0) is 26.6. The van der Waals surface area contributed by atoms with E-state index >= 15 is 0 Å². The lowest BCUT2D eigenvalue weighted by molar-refractivity contribution is -0.138. The van der Waals surface area contributed by atoms with Crippen molar-refractivity contribution in [1.29, 1.82) is 0 Å². The summed E-state index contributed by atoms with van der Waals surface area (Å²) in [6, 6.07) is 9.29. The molecule has 3 heterocycles. The minimum Gasteiger partial charge on any atom is -0.487 e. The van der Waals surface area contributed by atoms with E-state index in [-0.39, 0.29) is 42.4 Å². The van der Waals surface area contributed by atoms with Gasteiger partial charge in [0.25, 0.3) is 0 Å². The Morgan fingerprint density at radius 2 is 2.00 bits per heavy atom. The third kappa shape index (κ3) is 4.52. The Kier molecular flexibility index (Phi) is 5.73. The fourth-order valence-electron chi connectivity index (χ4n) is 5.09. The van der Waals surface area contributed by atoms with Crippen LogP contribution in [-0.4, -0.2) is 28.9 Å². The van der Waals surface area contributed by atoms with E-state index in [9.17, 15) is 27.2 Å². The number of nitrogens with zero attached hydrogens (tertiary/aromatic N) is 1. The van der Waals surface area contributed by atoms with Gasteiger partial charge in [0.15, 0.2) is 0 Å². The molecule has 2 amide bonds. The Bertz CT molecular complexity index is 1460. The fraction of sp³-hybridized carbons (Fsp3) is 0.296. The highest BCUT2D eigenvalue weighted by Crippen LogP contribution is 2.54. The van der Waals surface area contributed by atoms with Gasteiger partial charge in [-0.1, -0.05) is 6.07 Å². The minimum absolute atomic E-state index is 0.0943. The lowest BCUT2D eigenvalue weighted by Gasteiger charge is -2.19. The van der Waals surface area contributed by atoms with Gasteiger partial charge in [-0.2, -0.15) is 13.2 Å². The van der Waals surface area contributed by atoms with Gasteiger partial charge in [0.2, 0.25) is 11.8 Å². The second-order valence-electron chi connectivity index (χ2n) is 9.49. The van der Waals surface area contributed by atoms with Crippen molar-refractivity contribution in [2.45, 2.75) is 49.9 Å². The molecule has 7 nitrogen and oxygen atoms in total. The molecule has 3 aromatic rings. The second kappa shape index (κ2) is 9.00. The first kappa shape index (κ1) is 24.2. The van der Waals surface area contributed by atoms with Crippen LogP contribution in [0.15, 0.2) is 48.7 Å². The number of ether oxygens (including phenoxy) is 2. The largest absolute Gasteiger partial charge is 0.487 e. The number of halogens is 4. The third-order valence-corrected chi connectivity index (χ3v) is 6.98. The van der Waals surface area contributed by atoms with Gasteiger partial charge in [0.1, 0.15) is 35.0 Å². The number of nitrogens with one attached hydrogen (secondary N) is 2. The summed E-state index contributed by atoms with van der Waals surface area (Å²) >= 11 is 0. The second-order valence-corrected chi connectivity index (χ2v) is 9.49. The van der Waals surface area contributed by atoms with E-state index in [2.05, 4.69) is 15.6 Å². The summed E-state index contributed by atoms with van der Waals surface area (Å²) in [5.41, 5.74) is 0.475. The molecule has 38 heavy (non-hydrogen) atoms. The van der Waals surface area contributed by atoms with Gasteiger partial charge in [-0.05, 0) is 54.8 Å². The van der Waals surface area contributed by atoms with Crippen LogP contribution in [0.5, 0.6) is 17.2 Å². The number of aryl methyl sites for hydroxylation is 1. The smallest absolute Gasteiger partial charge is 0.416 e. The summed E-state index contributed by atoms with van der Waals surface area (Å²) in [4.78, 5) is 28.4.